The van der Waals surface area contributed by atoms with E-state index in [2.05, 4.69) is 43.9 Å². The average Bonchev–Trinajstić information content (AvgIpc) is 2.38. The highest BCUT2D eigenvalue weighted by atomic mass is 16.3. The molecule has 2 rings (SSSR count). The molecule has 0 spiro atoms. The van der Waals surface area contributed by atoms with Crippen LogP contribution in [0.25, 0.3) is 0 Å². The Kier molecular flexibility index (Phi) is 4.46. The number of benzene rings is 2. The molecule has 0 radical (unpaired) electrons. The van der Waals surface area contributed by atoms with Crippen LogP contribution in [0.5, 0.6) is 0 Å². The van der Waals surface area contributed by atoms with Crippen molar-refractivity contribution in [2.45, 2.75) is 26.9 Å². The van der Waals surface area contributed by atoms with E-state index >= 15 is 0 Å². The van der Waals surface area contributed by atoms with Crippen LogP contribution in [0.2, 0.25) is 0 Å². The number of nitrogens with zero attached hydrogens (tertiary/aromatic N) is 1. The van der Waals surface area contributed by atoms with Gasteiger partial charge in [-0.25, -0.2) is 0 Å². The monoisotopic (exact) mass is 269 g/mol. The van der Waals surface area contributed by atoms with Crippen LogP contribution in [0.15, 0.2) is 42.5 Å². The van der Waals surface area contributed by atoms with Crippen molar-refractivity contribution < 1.29 is 5.11 Å². The van der Waals surface area contributed by atoms with Crippen LogP contribution in [0.4, 0.5) is 5.69 Å². The third-order valence-corrected chi connectivity index (χ3v) is 3.56. The summed E-state index contributed by atoms with van der Waals surface area (Å²) in [6.45, 7) is 6.84. The molecule has 20 heavy (non-hydrogen) atoms. The van der Waals surface area contributed by atoms with Gasteiger partial charge in [0.15, 0.2) is 0 Å². The molecule has 2 aromatic rings. The van der Waals surface area contributed by atoms with E-state index in [0.29, 0.717) is 6.54 Å². The molecule has 106 valence electrons. The number of aliphatic hydroxyl groups is 1. The van der Waals surface area contributed by atoms with Crippen LogP contribution in [-0.2, 0) is 0 Å². The highest BCUT2D eigenvalue weighted by Crippen LogP contribution is 2.21. The SMILES string of the molecule is Cc1ccc(C(O)CN(C)c2cc(C)cc(C)c2)cc1. The predicted molar refractivity (Wildman–Crippen MR) is 85.3 cm³/mol. The lowest BCUT2D eigenvalue weighted by Gasteiger charge is -2.24. The summed E-state index contributed by atoms with van der Waals surface area (Å²) in [5.41, 5.74) is 5.82. The van der Waals surface area contributed by atoms with Crippen molar-refractivity contribution >= 4 is 5.69 Å². The molecule has 2 heteroatoms. The van der Waals surface area contributed by atoms with Gasteiger partial charge in [-0.1, -0.05) is 35.9 Å². The first kappa shape index (κ1) is 14.6. The second kappa shape index (κ2) is 6.10. The van der Waals surface area contributed by atoms with Gasteiger partial charge in [0, 0.05) is 19.3 Å². The minimum absolute atomic E-state index is 0.471. The van der Waals surface area contributed by atoms with Gasteiger partial charge in [-0.15, -0.1) is 0 Å². The molecule has 0 bridgehead atoms. The summed E-state index contributed by atoms with van der Waals surface area (Å²) in [5, 5.41) is 10.3. The van der Waals surface area contributed by atoms with E-state index in [9.17, 15) is 5.11 Å². The molecule has 0 amide bonds. The lowest BCUT2D eigenvalue weighted by atomic mass is 10.1. The molecule has 0 aromatic heterocycles. The fourth-order valence-corrected chi connectivity index (χ4v) is 2.43. The van der Waals surface area contributed by atoms with Crippen LogP contribution < -0.4 is 4.90 Å². The van der Waals surface area contributed by atoms with Gasteiger partial charge in [0.1, 0.15) is 0 Å². The molecule has 0 fully saturated rings. The van der Waals surface area contributed by atoms with Gasteiger partial charge in [-0.05, 0) is 49.6 Å². The summed E-state index contributed by atoms with van der Waals surface area (Å²) in [7, 11) is 2.02. The summed E-state index contributed by atoms with van der Waals surface area (Å²) < 4.78 is 0. The van der Waals surface area contributed by atoms with E-state index in [1.165, 1.54) is 16.7 Å². The van der Waals surface area contributed by atoms with Crippen LogP contribution >= 0.6 is 0 Å². The van der Waals surface area contributed by atoms with Crippen LogP contribution in [-0.4, -0.2) is 18.7 Å². The minimum atomic E-state index is -0.471. The first-order chi connectivity index (χ1) is 9.45. The Balaban J connectivity index is 2.10. The standard InChI is InChI=1S/C18H23NO/c1-13-5-7-16(8-6-13)18(20)12-19(4)17-10-14(2)9-15(3)11-17/h5-11,18,20H,12H2,1-4H3. The van der Waals surface area contributed by atoms with Crippen molar-refractivity contribution in [1.82, 2.24) is 0 Å². The molecule has 1 N–H and O–H groups in total. The van der Waals surface area contributed by atoms with Crippen LogP contribution in [0.1, 0.15) is 28.4 Å². The fourth-order valence-electron chi connectivity index (χ4n) is 2.43. The second-order valence-corrected chi connectivity index (χ2v) is 5.65. The molecular formula is C18H23NO. The Morgan fingerprint density at radius 1 is 0.900 bits per heavy atom. The van der Waals surface area contributed by atoms with Crippen molar-refractivity contribution in [2.75, 3.05) is 18.5 Å². The first-order valence-electron chi connectivity index (χ1n) is 7.00. The summed E-state index contributed by atoms with van der Waals surface area (Å²) in [6, 6.07) is 14.5. The Morgan fingerprint density at radius 2 is 1.45 bits per heavy atom. The second-order valence-electron chi connectivity index (χ2n) is 5.65. The van der Waals surface area contributed by atoms with Crippen molar-refractivity contribution in [2.24, 2.45) is 0 Å². The van der Waals surface area contributed by atoms with Gasteiger partial charge in [-0.3, -0.25) is 0 Å². The molecule has 0 saturated heterocycles. The van der Waals surface area contributed by atoms with E-state index in [0.717, 1.165) is 11.3 Å². The van der Waals surface area contributed by atoms with Crippen molar-refractivity contribution in [3.8, 4) is 0 Å². The first-order valence-corrected chi connectivity index (χ1v) is 7.00. The average molecular weight is 269 g/mol. The van der Waals surface area contributed by atoms with Crippen molar-refractivity contribution in [3.05, 3.63) is 64.7 Å². The van der Waals surface area contributed by atoms with E-state index in [1.807, 2.05) is 31.3 Å². The zero-order valence-electron chi connectivity index (χ0n) is 12.7. The number of likely N-dealkylation sites (N-methyl/N-ethyl adjacent to an activating group) is 1. The molecule has 0 aliphatic heterocycles. The van der Waals surface area contributed by atoms with Crippen molar-refractivity contribution in [3.63, 3.8) is 0 Å². The van der Waals surface area contributed by atoms with Gasteiger partial charge in [0.2, 0.25) is 0 Å². The quantitative estimate of drug-likeness (QED) is 0.913. The van der Waals surface area contributed by atoms with Gasteiger partial charge in [0.05, 0.1) is 6.10 Å². The molecule has 0 aliphatic rings. The Bertz CT molecular complexity index is 554. The maximum Gasteiger partial charge on any atom is 0.0964 e. The predicted octanol–water partition coefficient (Wildman–Crippen LogP) is 3.78. The number of hydrogen-bond acceptors (Lipinski definition) is 2. The molecule has 2 aromatic carbocycles. The number of rotatable bonds is 4. The van der Waals surface area contributed by atoms with Gasteiger partial charge in [0.25, 0.3) is 0 Å². The molecule has 0 heterocycles. The van der Waals surface area contributed by atoms with E-state index in [4.69, 9.17) is 0 Å². The molecule has 1 atom stereocenters. The number of aliphatic hydroxyl groups excluding tert-OH is 1. The van der Waals surface area contributed by atoms with Gasteiger partial charge < -0.3 is 10.0 Å². The summed E-state index contributed by atoms with van der Waals surface area (Å²) in [5.74, 6) is 0. The van der Waals surface area contributed by atoms with Crippen molar-refractivity contribution in [1.29, 1.82) is 0 Å². The zero-order chi connectivity index (χ0) is 14.7. The smallest absolute Gasteiger partial charge is 0.0964 e. The van der Waals surface area contributed by atoms with Crippen LogP contribution in [0.3, 0.4) is 0 Å². The Labute approximate surface area is 121 Å². The zero-order valence-corrected chi connectivity index (χ0v) is 12.7. The Hall–Kier alpha value is -1.80. The highest BCUT2D eigenvalue weighted by molar-refractivity contribution is 5.50. The summed E-state index contributed by atoms with van der Waals surface area (Å²) >= 11 is 0. The minimum Gasteiger partial charge on any atom is -0.387 e. The Morgan fingerprint density at radius 3 is 2.00 bits per heavy atom. The largest absolute Gasteiger partial charge is 0.387 e. The summed E-state index contributed by atoms with van der Waals surface area (Å²) in [4.78, 5) is 2.10. The lowest BCUT2D eigenvalue weighted by Crippen LogP contribution is -2.24. The van der Waals surface area contributed by atoms with Crippen LogP contribution in [0, 0.1) is 20.8 Å². The number of aryl methyl sites for hydroxylation is 3. The normalized spacial score (nSPS) is 12.2. The fraction of sp³-hybridized carbons (Fsp3) is 0.333. The number of anilines is 1. The molecular weight excluding hydrogens is 246 g/mol. The van der Waals surface area contributed by atoms with Gasteiger partial charge >= 0.3 is 0 Å². The third kappa shape index (κ3) is 3.61. The maximum atomic E-state index is 10.3. The molecule has 2 nitrogen and oxygen atoms in total. The highest BCUT2D eigenvalue weighted by Gasteiger charge is 2.11. The van der Waals surface area contributed by atoms with E-state index in [1.54, 1.807) is 0 Å². The molecule has 0 saturated carbocycles. The topological polar surface area (TPSA) is 23.5 Å². The number of hydrogen-bond donors (Lipinski definition) is 1. The van der Waals surface area contributed by atoms with Gasteiger partial charge in [-0.2, -0.15) is 0 Å². The molecule has 0 aliphatic carbocycles. The van der Waals surface area contributed by atoms with E-state index < -0.39 is 6.10 Å². The summed E-state index contributed by atoms with van der Waals surface area (Å²) in [6.07, 6.45) is -0.471. The maximum absolute atomic E-state index is 10.3. The lowest BCUT2D eigenvalue weighted by molar-refractivity contribution is 0.185. The molecule has 1 unspecified atom stereocenters. The van der Waals surface area contributed by atoms with E-state index in [-0.39, 0.29) is 0 Å². The third-order valence-electron chi connectivity index (χ3n) is 3.56.